The Morgan fingerprint density at radius 2 is 1.91 bits per heavy atom. The molecule has 2 aliphatic heterocycles. The van der Waals surface area contributed by atoms with Crippen molar-refractivity contribution in [1.29, 1.82) is 0 Å². The third-order valence-electron chi connectivity index (χ3n) is 7.75. The molecule has 3 heterocycles. The zero-order valence-electron chi connectivity index (χ0n) is 26.0. The first kappa shape index (κ1) is 34.4. The first-order valence-electron chi connectivity index (χ1n) is 14.8. The van der Waals surface area contributed by atoms with Gasteiger partial charge in [-0.15, -0.1) is 0 Å². The van der Waals surface area contributed by atoms with Gasteiger partial charge in [-0.3, -0.25) is 9.59 Å². The number of aromatic nitrogens is 2. The minimum atomic E-state index is -1.34. The van der Waals surface area contributed by atoms with E-state index in [1.54, 1.807) is 33.2 Å². The van der Waals surface area contributed by atoms with Crippen molar-refractivity contribution in [2.75, 3.05) is 54.1 Å². The van der Waals surface area contributed by atoms with Crippen molar-refractivity contribution in [2.45, 2.75) is 44.8 Å². The van der Waals surface area contributed by atoms with Crippen LogP contribution in [-0.2, 0) is 15.2 Å². The summed E-state index contributed by atoms with van der Waals surface area (Å²) >= 11 is 6.04. The van der Waals surface area contributed by atoms with Crippen molar-refractivity contribution >= 4 is 58.5 Å². The molecule has 14 heteroatoms. The van der Waals surface area contributed by atoms with E-state index in [9.17, 15) is 14.3 Å². The Hall–Kier alpha value is -4.46. The normalized spacial score (nSPS) is 16.0. The van der Waals surface area contributed by atoms with Crippen LogP contribution in [0, 0.1) is 5.82 Å². The van der Waals surface area contributed by atoms with Crippen molar-refractivity contribution in [3.63, 3.8) is 0 Å². The number of rotatable bonds is 11. The Morgan fingerprint density at radius 3 is 2.54 bits per heavy atom. The number of carbonyl (C=O) groups excluding carboxylic acids is 1. The third kappa shape index (κ3) is 8.42. The first-order valence-corrected chi connectivity index (χ1v) is 15.2. The fourth-order valence-corrected chi connectivity index (χ4v) is 5.63. The van der Waals surface area contributed by atoms with Crippen LogP contribution in [0.15, 0.2) is 49.2 Å². The molecule has 1 aromatic heterocycles. The maximum Gasteiger partial charge on any atom is 0.290 e. The first-order chi connectivity index (χ1) is 22.0. The van der Waals surface area contributed by atoms with E-state index >= 15 is 0 Å². The van der Waals surface area contributed by atoms with E-state index in [1.807, 2.05) is 12.1 Å². The molecule has 5 N–H and O–H groups in total. The lowest BCUT2D eigenvalue weighted by Gasteiger charge is -2.37. The Bertz CT molecular complexity index is 1560. The third-order valence-corrected chi connectivity index (χ3v) is 8.04. The van der Waals surface area contributed by atoms with Gasteiger partial charge < -0.3 is 40.7 Å². The maximum absolute atomic E-state index is 14.2. The number of carbonyl (C=O) groups is 2. The number of carboxylic acid groups (broad SMARTS) is 1. The van der Waals surface area contributed by atoms with Crippen molar-refractivity contribution in [1.82, 2.24) is 14.9 Å². The summed E-state index contributed by atoms with van der Waals surface area (Å²) in [6.45, 7) is 10.6. The molecule has 0 radical (unpaired) electrons. The number of ether oxygens (including phenoxy) is 1. The average molecular weight is 656 g/mol. The predicted octanol–water partition coefficient (Wildman–Crippen LogP) is 5.49. The minimum Gasteiger partial charge on any atom is -0.494 e. The number of benzene rings is 2. The summed E-state index contributed by atoms with van der Waals surface area (Å²) < 4.78 is 20.0. The molecule has 246 valence electrons. The van der Waals surface area contributed by atoms with Gasteiger partial charge in [-0.2, -0.15) is 4.98 Å². The molecule has 1 amide bonds. The molecule has 1 atom stereocenters. The molecule has 2 aromatic carbocycles. The largest absolute Gasteiger partial charge is 0.494 e. The molecule has 5 rings (SSSR count). The molecular weight excluding hydrogens is 617 g/mol. The monoisotopic (exact) mass is 655 g/mol. The standard InChI is InChI=1S/C31H37ClFN7O3.CH2O2/c1-5-29(41)36-24-16-25(27(43-4)17-26(24)40-13-6-8-19(40)18-39-11-7-12-39)37-30-34-10-9-28(38-30)35-23-15-21(32)22(33)14-20(23)31(2,3)42;2-1-3/h5,9-10,14-17,19,42H,1,6-8,11-13,18H2,2-4H3,(H,36,41)(H2,34,35,37,38);1H,(H,2,3)/t19-;/m1./s1. The predicted molar refractivity (Wildman–Crippen MR) is 177 cm³/mol. The molecule has 0 saturated carbocycles. The van der Waals surface area contributed by atoms with E-state index in [1.165, 1.54) is 24.6 Å². The lowest BCUT2D eigenvalue weighted by molar-refractivity contribution is -0.122. The Morgan fingerprint density at radius 1 is 1.17 bits per heavy atom. The number of aliphatic hydroxyl groups is 1. The summed E-state index contributed by atoms with van der Waals surface area (Å²) in [7, 11) is 1.59. The quantitative estimate of drug-likeness (QED) is 0.132. The summed E-state index contributed by atoms with van der Waals surface area (Å²) in [4.78, 5) is 34.5. The van der Waals surface area contributed by atoms with Crippen LogP contribution in [-0.4, -0.2) is 76.8 Å². The fourth-order valence-electron chi connectivity index (χ4n) is 5.47. The SMILES string of the molecule is C=CC(=O)Nc1cc(Nc2nccc(Nc3cc(Cl)c(F)cc3C(C)(C)O)n2)c(OC)cc1N1CCC[C@@H]1CN1CCC1.O=CO. The van der Waals surface area contributed by atoms with E-state index in [0.717, 1.165) is 44.7 Å². The van der Waals surface area contributed by atoms with Crippen LogP contribution in [0.1, 0.15) is 38.7 Å². The molecule has 2 saturated heterocycles. The number of likely N-dealkylation sites (tertiary alicyclic amines) is 1. The maximum atomic E-state index is 14.2. The number of hydrogen-bond donors (Lipinski definition) is 5. The van der Waals surface area contributed by atoms with Gasteiger partial charge in [0.05, 0.1) is 34.8 Å². The number of hydrogen-bond acceptors (Lipinski definition) is 10. The topological polar surface area (TPSA) is 152 Å². The number of nitrogens with one attached hydrogen (secondary N) is 3. The van der Waals surface area contributed by atoms with Gasteiger partial charge in [0.15, 0.2) is 0 Å². The summed E-state index contributed by atoms with van der Waals surface area (Å²) in [6, 6.07) is 8.31. The van der Waals surface area contributed by atoms with Crippen LogP contribution in [0.5, 0.6) is 5.75 Å². The van der Waals surface area contributed by atoms with Crippen LogP contribution in [0.3, 0.4) is 0 Å². The number of anilines is 6. The molecule has 0 unspecified atom stereocenters. The van der Waals surface area contributed by atoms with E-state index in [-0.39, 0.29) is 23.4 Å². The summed E-state index contributed by atoms with van der Waals surface area (Å²) in [5.41, 5.74) is 1.42. The molecule has 0 spiro atoms. The second kappa shape index (κ2) is 15.2. The molecule has 0 bridgehead atoms. The van der Waals surface area contributed by atoms with Gasteiger partial charge in [0.25, 0.3) is 6.47 Å². The lowest BCUT2D eigenvalue weighted by Crippen LogP contribution is -2.46. The molecule has 2 fully saturated rings. The number of methoxy groups -OCH3 is 1. The zero-order valence-corrected chi connectivity index (χ0v) is 26.8. The van der Waals surface area contributed by atoms with E-state index in [4.69, 9.17) is 26.2 Å². The number of halogens is 2. The Kier molecular flexibility index (Phi) is 11.4. The van der Waals surface area contributed by atoms with Gasteiger partial charge in [0.2, 0.25) is 11.9 Å². The van der Waals surface area contributed by atoms with Crippen LogP contribution < -0.4 is 25.6 Å². The zero-order chi connectivity index (χ0) is 33.4. The van der Waals surface area contributed by atoms with Crippen molar-refractivity contribution in [3.8, 4) is 5.75 Å². The molecule has 46 heavy (non-hydrogen) atoms. The van der Waals surface area contributed by atoms with E-state index < -0.39 is 11.4 Å². The van der Waals surface area contributed by atoms with Gasteiger partial charge >= 0.3 is 0 Å². The summed E-state index contributed by atoms with van der Waals surface area (Å²) in [6.07, 6.45) is 6.18. The van der Waals surface area contributed by atoms with Gasteiger partial charge in [0, 0.05) is 42.6 Å². The summed E-state index contributed by atoms with van der Waals surface area (Å²) in [5, 5.41) is 26.7. The summed E-state index contributed by atoms with van der Waals surface area (Å²) in [5.74, 6) is 0.223. The highest BCUT2D eigenvalue weighted by Crippen LogP contribution is 2.41. The van der Waals surface area contributed by atoms with Crippen LogP contribution >= 0.6 is 11.6 Å². The van der Waals surface area contributed by atoms with E-state index in [0.29, 0.717) is 40.2 Å². The van der Waals surface area contributed by atoms with Crippen LogP contribution in [0.4, 0.5) is 38.9 Å². The molecular formula is C32H39ClFN7O5. The molecule has 12 nitrogen and oxygen atoms in total. The number of amides is 1. The molecule has 2 aliphatic rings. The highest BCUT2D eigenvalue weighted by atomic mass is 35.5. The minimum absolute atomic E-state index is 0.0908. The van der Waals surface area contributed by atoms with Gasteiger partial charge in [0.1, 0.15) is 17.4 Å². The number of nitrogens with zero attached hydrogens (tertiary/aromatic N) is 4. The van der Waals surface area contributed by atoms with Gasteiger partial charge in [-0.1, -0.05) is 18.2 Å². The van der Waals surface area contributed by atoms with Crippen molar-refractivity contribution in [2.24, 2.45) is 0 Å². The van der Waals surface area contributed by atoms with Gasteiger partial charge in [-0.05, 0) is 76.5 Å². The Balaban J connectivity index is 0.00000154. The van der Waals surface area contributed by atoms with Gasteiger partial charge in [-0.25, -0.2) is 9.37 Å². The molecule has 3 aromatic rings. The van der Waals surface area contributed by atoms with E-state index in [2.05, 4.69) is 42.3 Å². The highest BCUT2D eigenvalue weighted by Gasteiger charge is 2.31. The van der Waals surface area contributed by atoms with Crippen LogP contribution in [0.25, 0.3) is 0 Å². The second-order valence-corrected chi connectivity index (χ2v) is 11.8. The molecule has 0 aliphatic carbocycles. The highest BCUT2D eigenvalue weighted by molar-refractivity contribution is 6.31. The van der Waals surface area contributed by atoms with Crippen molar-refractivity contribution in [3.05, 3.63) is 65.6 Å². The lowest BCUT2D eigenvalue weighted by atomic mass is 9.96. The fraction of sp³-hybridized carbons (Fsp3) is 0.375. The Labute approximate surface area is 272 Å². The van der Waals surface area contributed by atoms with Crippen LogP contribution in [0.2, 0.25) is 5.02 Å². The average Bonchev–Trinajstić information content (AvgIpc) is 3.45. The second-order valence-electron chi connectivity index (χ2n) is 11.4. The van der Waals surface area contributed by atoms with Crippen molar-refractivity contribution < 1.29 is 28.9 Å². The smallest absolute Gasteiger partial charge is 0.290 e.